The van der Waals surface area contributed by atoms with Crippen LogP contribution in [-0.2, 0) is 13.3 Å². The van der Waals surface area contributed by atoms with Crippen molar-refractivity contribution in [1.82, 2.24) is 4.57 Å². The molecule has 0 aromatic rings. The van der Waals surface area contributed by atoms with Gasteiger partial charge in [-0.3, -0.25) is 4.57 Å². The van der Waals surface area contributed by atoms with Gasteiger partial charge in [0.25, 0.3) is 0 Å². The molecule has 0 saturated heterocycles. The summed E-state index contributed by atoms with van der Waals surface area (Å²) in [5.74, 6) is 1.12. The van der Waals surface area contributed by atoms with Crippen LogP contribution in [-0.4, -0.2) is 48.0 Å². The first-order valence-electron chi connectivity index (χ1n) is 5.82. The fourth-order valence-electron chi connectivity index (χ4n) is 1.82. The third-order valence-corrected chi connectivity index (χ3v) is 5.02. The van der Waals surface area contributed by atoms with Crippen molar-refractivity contribution in [3.63, 3.8) is 0 Å². The molecule has 98 valence electrons. The Morgan fingerprint density at radius 1 is 0.812 bits per heavy atom. The van der Waals surface area contributed by atoms with Crippen molar-refractivity contribution < 1.29 is 13.3 Å². The Balaban J connectivity index is 4.80. The Bertz CT molecular complexity index is 166. The zero-order valence-corrected chi connectivity index (χ0v) is 12.7. The van der Waals surface area contributed by atoms with Crippen molar-refractivity contribution in [3.05, 3.63) is 0 Å². The molecule has 0 radical (unpaired) electrons. The average Bonchev–Trinajstić information content (AvgIpc) is 2.19. The third kappa shape index (κ3) is 4.51. The van der Waals surface area contributed by atoms with E-state index in [4.69, 9.17) is 13.3 Å². The molecule has 0 amide bonds. The Kier molecular flexibility index (Phi) is 7.42. The van der Waals surface area contributed by atoms with Crippen molar-refractivity contribution >= 4 is 8.97 Å². The molecule has 0 spiro atoms. The predicted molar refractivity (Wildman–Crippen MR) is 68.0 cm³/mol. The molecule has 0 aromatic carbocycles. The summed E-state index contributed by atoms with van der Waals surface area (Å²) in [6.45, 7) is 10.6. The predicted octanol–water partition coefficient (Wildman–Crippen LogP) is 1.98. The lowest BCUT2D eigenvalue weighted by molar-refractivity contribution is 0.0489. The largest absolute Gasteiger partial charge is 0.598 e. The molecule has 5 heteroatoms. The van der Waals surface area contributed by atoms with Gasteiger partial charge in [0.05, 0.1) is 0 Å². The summed E-state index contributed by atoms with van der Waals surface area (Å²) in [6.07, 6.45) is 0. The summed E-state index contributed by atoms with van der Waals surface area (Å²) in [6, 6.07) is 0. The average molecular weight is 249 g/mol. The van der Waals surface area contributed by atoms with Crippen molar-refractivity contribution in [1.29, 1.82) is 0 Å². The molecule has 16 heavy (non-hydrogen) atoms. The van der Waals surface area contributed by atoms with Crippen molar-refractivity contribution in [3.8, 4) is 0 Å². The minimum Gasteiger partial charge on any atom is -0.364 e. The van der Waals surface area contributed by atoms with Crippen molar-refractivity contribution in [2.45, 2.75) is 27.7 Å². The molecular weight excluding hydrogens is 222 g/mol. The highest BCUT2D eigenvalue weighted by atomic mass is 28.4. The maximum atomic E-state index is 5.52. The molecule has 0 bridgehead atoms. The highest BCUT2D eigenvalue weighted by Crippen LogP contribution is 2.17. The normalized spacial score (nSPS) is 13.1. The van der Waals surface area contributed by atoms with Gasteiger partial charge in [-0.1, -0.05) is 27.7 Å². The van der Waals surface area contributed by atoms with Gasteiger partial charge >= 0.3 is 8.97 Å². The van der Waals surface area contributed by atoms with E-state index in [9.17, 15) is 0 Å². The van der Waals surface area contributed by atoms with E-state index in [0.29, 0.717) is 11.8 Å². The second-order valence-electron chi connectivity index (χ2n) is 4.83. The SMILES string of the molecule is CO[Si](OC)(OC)N(CC(C)C)CC(C)C. The summed E-state index contributed by atoms with van der Waals surface area (Å²) in [5, 5.41) is 0. The van der Waals surface area contributed by atoms with Crippen LogP contribution < -0.4 is 0 Å². The van der Waals surface area contributed by atoms with Gasteiger partial charge in [0.15, 0.2) is 0 Å². The highest BCUT2D eigenvalue weighted by Gasteiger charge is 2.46. The molecule has 4 nitrogen and oxygen atoms in total. The van der Waals surface area contributed by atoms with Crippen LogP contribution >= 0.6 is 0 Å². The Labute approximate surface area is 101 Å². The number of hydrogen-bond acceptors (Lipinski definition) is 4. The van der Waals surface area contributed by atoms with E-state index >= 15 is 0 Å². The summed E-state index contributed by atoms with van der Waals surface area (Å²) in [4.78, 5) is 0. The summed E-state index contributed by atoms with van der Waals surface area (Å²) >= 11 is 0. The van der Waals surface area contributed by atoms with Crippen molar-refractivity contribution in [2.75, 3.05) is 34.4 Å². The van der Waals surface area contributed by atoms with Crippen LogP contribution in [0.1, 0.15) is 27.7 Å². The molecule has 0 fully saturated rings. The number of rotatable bonds is 8. The Morgan fingerprint density at radius 3 is 1.31 bits per heavy atom. The quantitative estimate of drug-likeness (QED) is 0.616. The van der Waals surface area contributed by atoms with Gasteiger partial charge in [0.1, 0.15) is 0 Å². The van der Waals surface area contributed by atoms with Gasteiger partial charge in [-0.15, -0.1) is 0 Å². The van der Waals surface area contributed by atoms with Crippen LogP contribution in [0.3, 0.4) is 0 Å². The second-order valence-corrected chi connectivity index (χ2v) is 7.73. The van der Waals surface area contributed by atoms with Crippen LogP contribution in [0.5, 0.6) is 0 Å². The van der Waals surface area contributed by atoms with E-state index < -0.39 is 8.97 Å². The van der Waals surface area contributed by atoms with E-state index in [1.165, 1.54) is 0 Å². The van der Waals surface area contributed by atoms with Gasteiger partial charge in [0.2, 0.25) is 0 Å². The molecule has 0 N–H and O–H groups in total. The van der Waals surface area contributed by atoms with E-state index in [2.05, 4.69) is 32.3 Å². The summed E-state index contributed by atoms with van der Waals surface area (Å²) in [5.41, 5.74) is 0. The molecule has 0 heterocycles. The van der Waals surface area contributed by atoms with Crippen LogP contribution in [0.2, 0.25) is 0 Å². The minimum atomic E-state index is -2.64. The molecule has 0 aromatic heterocycles. The van der Waals surface area contributed by atoms with Crippen LogP contribution in [0.15, 0.2) is 0 Å². The zero-order chi connectivity index (χ0) is 12.8. The first-order valence-corrected chi connectivity index (χ1v) is 7.49. The lowest BCUT2D eigenvalue weighted by atomic mass is 10.2. The topological polar surface area (TPSA) is 30.9 Å². The lowest BCUT2D eigenvalue weighted by Gasteiger charge is -2.37. The monoisotopic (exact) mass is 249 g/mol. The van der Waals surface area contributed by atoms with Gasteiger partial charge in [0, 0.05) is 34.4 Å². The zero-order valence-electron chi connectivity index (χ0n) is 11.7. The summed E-state index contributed by atoms with van der Waals surface area (Å²) in [7, 11) is 2.34. The molecule has 0 aliphatic rings. The number of nitrogens with zero attached hydrogens (tertiary/aromatic N) is 1. The van der Waals surface area contributed by atoms with E-state index in [0.717, 1.165) is 13.1 Å². The fraction of sp³-hybridized carbons (Fsp3) is 1.00. The van der Waals surface area contributed by atoms with E-state index in [1.54, 1.807) is 21.3 Å². The van der Waals surface area contributed by atoms with Gasteiger partial charge < -0.3 is 13.3 Å². The molecule has 0 saturated carbocycles. The van der Waals surface area contributed by atoms with E-state index in [-0.39, 0.29) is 0 Å². The fourth-order valence-corrected chi connectivity index (χ4v) is 4.27. The molecule has 0 aliphatic carbocycles. The maximum Gasteiger partial charge on any atom is 0.598 e. The highest BCUT2D eigenvalue weighted by molar-refractivity contribution is 6.57. The Hall–Kier alpha value is 0.0569. The second kappa shape index (κ2) is 7.40. The smallest absolute Gasteiger partial charge is 0.364 e. The summed E-state index contributed by atoms with van der Waals surface area (Å²) < 4.78 is 18.8. The molecular formula is C11H27NO3Si. The third-order valence-electron chi connectivity index (χ3n) is 2.33. The first kappa shape index (κ1) is 16.1. The first-order chi connectivity index (χ1) is 7.41. The maximum absolute atomic E-state index is 5.52. The molecule has 0 rings (SSSR count). The molecule has 0 atom stereocenters. The standard InChI is InChI=1S/C11H27NO3Si/c1-10(2)8-12(9-11(3)4)16(13-5,14-6)15-7/h10-11H,8-9H2,1-7H3. The van der Waals surface area contributed by atoms with Crippen LogP contribution in [0.4, 0.5) is 0 Å². The Morgan fingerprint density at radius 2 is 1.12 bits per heavy atom. The van der Waals surface area contributed by atoms with Crippen LogP contribution in [0.25, 0.3) is 0 Å². The minimum absolute atomic E-state index is 0.561. The van der Waals surface area contributed by atoms with Gasteiger partial charge in [-0.05, 0) is 11.8 Å². The van der Waals surface area contributed by atoms with Crippen LogP contribution in [0, 0.1) is 11.8 Å². The van der Waals surface area contributed by atoms with Gasteiger partial charge in [-0.2, -0.15) is 0 Å². The van der Waals surface area contributed by atoms with E-state index in [1.807, 2.05) is 0 Å². The molecule has 0 aliphatic heterocycles. The molecule has 0 unspecified atom stereocenters. The van der Waals surface area contributed by atoms with Gasteiger partial charge in [-0.25, -0.2) is 0 Å². The number of hydrogen-bond donors (Lipinski definition) is 0. The van der Waals surface area contributed by atoms with Crippen molar-refractivity contribution in [2.24, 2.45) is 11.8 Å². The lowest BCUT2D eigenvalue weighted by Crippen LogP contribution is -2.61.